The fraction of sp³-hybridized carbons (Fsp3) is 0.889. The lowest BCUT2D eigenvalue weighted by Crippen LogP contribution is -2.43. The van der Waals surface area contributed by atoms with Gasteiger partial charge in [0.25, 0.3) is 0 Å². The number of hydrogen-bond acceptors (Lipinski definition) is 3. The highest BCUT2D eigenvalue weighted by Gasteiger charge is 2.33. The average Bonchev–Trinajstić information content (AvgIpc) is 2.01. The molecule has 0 aromatic carbocycles. The molecule has 0 atom stereocenters. The normalized spacial score (nSPS) is 12.8. The van der Waals surface area contributed by atoms with Crippen molar-refractivity contribution in [2.24, 2.45) is 16.7 Å². The smallest absolute Gasteiger partial charge is 0.239 e. The molecule has 4 heteroatoms. The minimum atomic E-state index is -0.430. The van der Waals surface area contributed by atoms with E-state index in [4.69, 9.17) is 5.84 Å². The quantitative estimate of drug-likeness (QED) is 0.280. The number of hydrogen-bond donors (Lipinski definition) is 3. The number of amides is 1. The van der Waals surface area contributed by atoms with Crippen LogP contribution in [0, 0.1) is 10.8 Å². The van der Waals surface area contributed by atoms with E-state index in [1.807, 2.05) is 13.8 Å². The lowest BCUT2D eigenvalue weighted by atomic mass is 9.75. The Bertz CT molecular complexity index is 190. The molecule has 0 aromatic rings. The molecular weight excluding hydrogens is 184 g/mol. The number of thiol groups is 1. The number of carbonyl (C=O) groups is 1. The van der Waals surface area contributed by atoms with Crippen LogP contribution in [-0.2, 0) is 4.79 Å². The third-order valence-electron chi connectivity index (χ3n) is 2.09. The molecule has 0 radical (unpaired) electrons. The number of rotatable bonds is 4. The summed E-state index contributed by atoms with van der Waals surface area (Å²) in [5, 5.41) is 0. The van der Waals surface area contributed by atoms with Gasteiger partial charge in [-0.05, 0) is 17.6 Å². The predicted molar refractivity (Wildman–Crippen MR) is 58.4 cm³/mol. The van der Waals surface area contributed by atoms with Crippen LogP contribution in [0.2, 0.25) is 0 Å². The zero-order valence-electron chi connectivity index (χ0n) is 8.85. The summed E-state index contributed by atoms with van der Waals surface area (Å²) in [6.45, 7) is 7.96. The van der Waals surface area contributed by atoms with Crippen LogP contribution in [0.4, 0.5) is 0 Å². The molecule has 0 aliphatic heterocycles. The van der Waals surface area contributed by atoms with Crippen LogP contribution in [0.25, 0.3) is 0 Å². The van der Waals surface area contributed by atoms with E-state index in [0.29, 0.717) is 0 Å². The highest BCUT2D eigenvalue weighted by Crippen LogP contribution is 2.34. The maximum atomic E-state index is 11.4. The summed E-state index contributed by atoms with van der Waals surface area (Å²) < 4.78 is 0. The minimum Gasteiger partial charge on any atom is -0.294 e. The van der Waals surface area contributed by atoms with Crippen LogP contribution in [0.5, 0.6) is 0 Å². The molecule has 0 bridgehead atoms. The highest BCUT2D eigenvalue weighted by atomic mass is 32.1. The van der Waals surface area contributed by atoms with Crippen LogP contribution in [0.15, 0.2) is 0 Å². The molecule has 0 unspecified atom stereocenters. The summed E-state index contributed by atoms with van der Waals surface area (Å²) >= 11 is 4.25. The zero-order valence-corrected chi connectivity index (χ0v) is 9.74. The number of hydrazine groups is 1. The third-order valence-corrected chi connectivity index (χ3v) is 2.95. The molecule has 0 aliphatic rings. The second kappa shape index (κ2) is 4.33. The Balaban J connectivity index is 4.41. The molecule has 0 rings (SSSR count). The Hall–Kier alpha value is -0.220. The molecule has 0 spiro atoms. The number of nitrogens with two attached hydrogens (primary N) is 1. The molecule has 78 valence electrons. The Morgan fingerprint density at radius 2 is 1.85 bits per heavy atom. The average molecular weight is 204 g/mol. The van der Waals surface area contributed by atoms with Crippen molar-refractivity contribution in [2.75, 3.05) is 5.75 Å². The van der Waals surface area contributed by atoms with Crippen molar-refractivity contribution in [1.29, 1.82) is 0 Å². The van der Waals surface area contributed by atoms with Crippen LogP contribution < -0.4 is 11.3 Å². The van der Waals surface area contributed by atoms with Gasteiger partial charge in [-0.2, -0.15) is 12.6 Å². The van der Waals surface area contributed by atoms with Gasteiger partial charge in [0, 0.05) is 5.41 Å². The summed E-state index contributed by atoms with van der Waals surface area (Å²) in [5.41, 5.74) is 1.81. The first-order chi connectivity index (χ1) is 5.75. The predicted octanol–water partition coefficient (Wildman–Crippen LogP) is 1.35. The van der Waals surface area contributed by atoms with Crippen LogP contribution in [-0.4, -0.2) is 11.7 Å². The van der Waals surface area contributed by atoms with E-state index in [1.165, 1.54) is 0 Å². The molecular formula is C9H20N2OS. The van der Waals surface area contributed by atoms with E-state index < -0.39 is 5.41 Å². The van der Waals surface area contributed by atoms with Gasteiger partial charge in [0.2, 0.25) is 5.91 Å². The largest absolute Gasteiger partial charge is 0.294 e. The zero-order chi connectivity index (χ0) is 10.7. The van der Waals surface area contributed by atoms with Crippen LogP contribution in [0.3, 0.4) is 0 Å². The number of nitrogens with one attached hydrogen (secondary N) is 1. The molecule has 1 amide bonds. The van der Waals surface area contributed by atoms with Crippen molar-refractivity contribution < 1.29 is 4.79 Å². The Kier molecular flexibility index (Phi) is 4.26. The second-order valence-electron chi connectivity index (χ2n) is 4.86. The van der Waals surface area contributed by atoms with Crippen molar-refractivity contribution in [3.8, 4) is 0 Å². The molecule has 0 saturated carbocycles. The first kappa shape index (κ1) is 12.8. The Morgan fingerprint density at radius 1 is 1.38 bits per heavy atom. The van der Waals surface area contributed by atoms with E-state index in [0.717, 1.165) is 12.2 Å². The highest BCUT2D eigenvalue weighted by molar-refractivity contribution is 7.80. The van der Waals surface area contributed by atoms with E-state index in [-0.39, 0.29) is 11.3 Å². The van der Waals surface area contributed by atoms with Gasteiger partial charge >= 0.3 is 0 Å². The van der Waals surface area contributed by atoms with Crippen LogP contribution in [0.1, 0.15) is 34.1 Å². The lowest BCUT2D eigenvalue weighted by molar-refractivity contribution is -0.130. The van der Waals surface area contributed by atoms with Gasteiger partial charge in [0.1, 0.15) is 0 Å². The van der Waals surface area contributed by atoms with Gasteiger partial charge in [0.05, 0.1) is 0 Å². The maximum absolute atomic E-state index is 11.4. The van der Waals surface area contributed by atoms with E-state index in [2.05, 4.69) is 31.9 Å². The molecule has 0 saturated heterocycles. The van der Waals surface area contributed by atoms with E-state index in [9.17, 15) is 4.79 Å². The van der Waals surface area contributed by atoms with E-state index in [1.54, 1.807) is 0 Å². The fourth-order valence-corrected chi connectivity index (χ4v) is 1.64. The summed E-state index contributed by atoms with van der Waals surface area (Å²) in [7, 11) is 0. The SMILES string of the molecule is CC(C)(CS)CC(C)(C)C(=O)NN. The van der Waals surface area contributed by atoms with Crippen LogP contribution >= 0.6 is 12.6 Å². The lowest BCUT2D eigenvalue weighted by Gasteiger charge is -2.32. The van der Waals surface area contributed by atoms with Gasteiger partial charge in [-0.15, -0.1) is 0 Å². The summed E-state index contributed by atoms with van der Waals surface area (Å²) in [6, 6.07) is 0. The molecule has 0 fully saturated rings. The summed E-state index contributed by atoms with van der Waals surface area (Å²) in [4.78, 5) is 11.4. The third kappa shape index (κ3) is 4.00. The summed E-state index contributed by atoms with van der Waals surface area (Å²) in [6.07, 6.45) is 0.770. The molecule has 3 nitrogen and oxygen atoms in total. The fourth-order valence-electron chi connectivity index (χ4n) is 1.53. The second-order valence-corrected chi connectivity index (χ2v) is 5.17. The number of carbonyl (C=O) groups excluding carboxylic acids is 1. The van der Waals surface area contributed by atoms with E-state index >= 15 is 0 Å². The van der Waals surface area contributed by atoms with Crippen molar-refractivity contribution in [1.82, 2.24) is 5.43 Å². The topological polar surface area (TPSA) is 55.1 Å². The standard InChI is InChI=1S/C9H20N2OS/c1-8(2,6-13)5-9(3,4)7(12)11-10/h13H,5-6,10H2,1-4H3,(H,11,12). The molecule has 0 aliphatic carbocycles. The van der Waals surface area contributed by atoms with Gasteiger partial charge in [-0.25, -0.2) is 5.84 Å². The minimum absolute atomic E-state index is 0.0547. The monoisotopic (exact) mass is 204 g/mol. The van der Waals surface area contributed by atoms with Gasteiger partial charge in [0.15, 0.2) is 0 Å². The van der Waals surface area contributed by atoms with Crippen molar-refractivity contribution in [3.63, 3.8) is 0 Å². The van der Waals surface area contributed by atoms with Crippen molar-refractivity contribution in [2.45, 2.75) is 34.1 Å². The Labute approximate surface area is 85.8 Å². The molecule has 0 aromatic heterocycles. The first-order valence-electron chi connectivity index (χ1n) is 4.37. The van der Waals surface area contributed by atoms with Gasteiger partial charge in [-0.1, -0.05) is 27.7 Å². The summed E-state index contributed by atoms with van der Waals surface area (Å²) in [5.74, 6) is 5.74. The van der Waals surface area contributed by atoms with Crippen molar-refractivity contribution >= 4 is 18.5 Å². The van der Waals surface area contributed by atoms with Gasteiger partial charge in [-0.3, -0.25) is 10.2 Å². The maximum Gasteiger partial charge on any atom is 0.239 e. The molecule has 13 heavy (non-hydrogen) atoms. The molecule has 3 N–H and O–H groups in total. The first-order valence-corrected chi connectivity index (χ1v) is 5.00. The van der Waals surface area contributed by atoms with Gasteiger partial charge < -0.3 is 0 Å². The molecule has 0 heterocycles. The Morgan fingerprint density at radius 3 is 2.15 bits per heavy atom. The van der Waals surface area contributed by atoms with Crippen molar-refractivity contribution in [3.05, 3.63) is 0 Å².